The molecule has 0 spiro atoms. The number of aromatic nitrogens is 2. The summed E-state index contributed by atoms with van der Waals surface area (Å²) in [5.41, 5.74) is 3.37. The Kier molecular flexibility index (Phi) is 5.86. The molecule has 7 heteroatoms. The van der Waals surface area contributed by atoms with Crippen LogP contribution in [0, 0.1) is 20.8 Å². The highest BCUT2D eigenvalue weighted by molar-refractivity contribution is 7.20. The van der Waals surface area contributed by atoms with Gasteiger partial charge in [-0.2, -0.15) is 0 Å². The van der Waals surface area contributed by atoms with Crippen molar-refractivity contribution in [2.45, 2.75) is 27.3 Å². The van der Waals surface area contributed by atoms with Crippen LogP contribution in [0.15, 0.2) is 59.7 Å². The fourth-order valence-corrected chi connectivity index (χ4v) is 4.48. The standard InChI is InChI=1S/C24H23N3O3S/c1-15-9-10-19(16(2)13-15)26-22(28)21-17(3)20-23(31-21)25-14-27(24(20)29)11-12-30-18-7-5-4-6-8-18/h4-10,13-14H,11-12H2,1-3H3,(H,26,28). The third kappa shape index (κ3) is 4.36. The first kappa shape index (κ1) is 20.8. The summed E-state index contributed by atoms with van der Waals surface area (Å²) in [4.78, 5) is 31.4. The minimum absolute atomic E-state index is 0.166. The topological polar surface area (TPSA) is 73.2 Å². The van der Waals surface area contributed by atoms with Gasteiger partial charge in [0.15, 0.2) is 0 Å². The first-order valence-corrected chi connectivity index (χ1v) is 10.8. The van der Waals surface area contributed by atoms with Gasteiger partial charge >= 0.3 is 0 Å². The summed E-state index contributed by atoms with van der Waals surface area (Å²) in [5, 5.41) is 3.44. The van der Waals surface area contributed by atoms with Crippen molar-refractivity contribution in [1.29, 1.82) is 0 Å². The van der Waals surface area contributed by atoms with E-state index < -0.39 is 0 Å². The van der Waals surface area contributed by atoms with Crippen molar-refractivity contribution in [2.75, 3.05) is 11.9 Å². The van der Waals surface area contributed by atoms with Crippen LogP contribution in [0.3, 0.4) is 0 Å². The van der Waals surface area contributed by atoms with Gasteiger partial charge in [-0.3, -0.25) is 14.2 Å². The van der Waals surface area contributed by atoms with Crippen molar-refractivity contribution in [3.8, 4) is 5.75 Å². The SMILES string of the molecule is Cc1ccc(NC(=O)c2sc3ncn(CCOc4ccccc4)c(=O)c3c2C)c(C)c1. The fourth-order valence-electron chi connectivity index (χ4n) is 3.45. The van der Waals surface area contributed by atoms with Crippen LogP contribution in [-0.4, -0.2) is 22.1 Å². The summed E-state index contributed by atoms with van der Waals surface area (Å²) in [6.45, 7) is 6.48. The second-order valence-corrected chi connectivity index (χ2v) is 8.41. The third-order valence-corrected chi connectivity index (χ3v) is 6.30. The van der Waals surface area contributed by atoms with Crippen LogP contribution in [-0.2, 0) is 6.54 Å². The van der Waals surface area contributed by atoms with Crippen molar-refractivity contribution in [1.82, 2.24) is 9.55 Å². The van der Waals surface area contributed by atoms with Crippen LogP contribution in [0.25, 0.3) is 10.2 Å². The Bertz CT molecular complexity index is 1310. The molecule has 0 saturated carbocycles. The van der Waals surface area contributed by atoms with E-state index >= 15 is 0 Å². The second kappa shape index (κ2) is 8.73. The van der Waals surface area contributed by atoms with E-state index in [0.717, 1.165) is 22.6 Å². The molecule has 158 valence electrons. The van der Waals surface area contributed by atoms with Gasteiger partial charge < -0.3 is 10.1 Å². The maximum absolute atomic E-state index is 13.0. The van der Waals surface area contributed by atoms with Crippen LogP contribution in [0.2, 0.25) is 0 Å². The van der Waals surface area contributed by atoms with E-state index in [-0.39, 0.29) is 11.5 Å². The molecule has 31 heavy (non-hydrogen) atoms. The van der Waals surface area contributed by atoms with Crippen LogP contribution in [0.4, 0.5) is 5.69 Å². The quantitative estimate of drug-likeness (QED) is 0.478. The number of benzene rings is 2. The molecule has 2 aromatic carbocycles. The maximum Gasteiger partial charge on any atom is 0.266 e. The van der Waals surface area contributed by atoms with Crippen molar-refractivity contribution >= 4 is 33.1 Å². The van der Waals surface area contributed by atoms with Gasteiger partial charge in [-0.05, 0) is 50.1 Å². The molecule has 1 amide bonds. The van der Waals surface area contributed by atoms with E-state index in [2.05, 4.69) is 10.3 Å². The number of fused-ring (bicyclic) bond motifs is 1. The van der Waals surface area contributed by atoms with Crippen LogP contribution < -0.4 is 15.6 Å². The molecule has 0 aliphatic rings. The van der Waals surface area contributed by atoms with Crippen LogP contribution >= 0.6 is 11.3 Å². The second-order valence-electron chi connectivity index (χ2n) is 7.41. The Hall–Kier alpha value is -3.45. The van der Waals surface area contributed by atoms with E-state index in [1.807, 2.05) is 62.4 Å². The van der Waals surface area contributed by atoms with Crippen LogP contribution in [0.5, 0.6) is 5.75 Å². The number of carbonyl (C=O) groups is 1. The van der Waals surface area contributed by atoms with Crippen molar-refractivity contribution in [3.63, 3.8) is 0 Å². The lowest BCUT2D eigenvalue weighted by Crippen LogP contribution is -2.23. The summed E-state index contributed by atoms with van der Waals surface area (Å²) in [6, 6.07) is 15.3. The lowest BCUT2D eigenvalue weighted by Gasteiger charge is -2.09. The molecule has 4 aromatic rings. The average molecular weight is 434 g/mol. The molecule has 0 radical (unpaired) electrons. The van der Waals surface area contributed by atoms with Gasteiger partial charge in [-0.25, -0.2) is 4.98 Å². The molecule has 1 N–H and O–H groups in total. The summed E-state index contributed by atoms with van der Waals surface area (Å²) < 4.78 is 7.21. The number of nitrogens with one attached hydrogen (secondary N) is 1. The fraction of sp³-hybridized carbons (Fsp3) is 0.208. The van der Waals surface area contributed by atoms with Gasteiger partial charge in [0.25, 0.3) is 11.5 Å². The Labute approximate surface area is 184 Å². The third-order valence-electron chi connectivity index (χ3n) is 5.10. The zero-order chi connectivity index (χ0) is 22.0. The Morgan fingerprint density at radius 1 is 1.13 bits per heavy atom. The largest absolute Gasteiger partial charge is 0.492 e. The van der Waals surface area contributed by atoms with Gasteiger partial charge in [-0.15, -0.1) is 11.3 Å². The number of hydrogen-bond acceptors (Lipinski definition) is 5. The molecule has 0 bridgehead atoms. The first-order chi connectivity index (χ1) is 14.9. The number of nitrogens with zero attached hydrogens (tertiary/aromatic N) is 2. The number of carbonyl (C=O) groups excluding carboxylic acids is 1. The number of anilines is 1. The minimum atomic E-state index is -0.231. The van der Waals surface area contributed by atoms with E-state index in [1.165, 1.54) is 22.2 Å². The molecular weight excluding hydrogens is 410 g/mol. The Morgan fingerprint density at radius 2 is 1.90 bits per heavy atom. The summed E-state index contributed by atoms with van der Waals surface area (Å²) in [7, 11) is 0. The molecular formula is C24H23N3O3S. The smallest absolute Gasteiger partial charge is 0.266 e. The van der Waals surface area contributed by atoms with E-state index in [4.69, 9.17) is 4.74 Å². The molecule has 4 rings (SSSR count). The number of para-hydroxylation sites is 1. The predicted molar refractivity (Wildman–Crippen MR) is 124 cm³/mol. The zero-order valence-corrected chi connectivity index (χ0v) is 18.5. The van der Waals surface area contributed by atoms with Gasteiger partial charge in [0.2, 0.25) is 0 Å². The highest BCUT2D eigenvalue weighted by Crippen LogP contribution is 2.28. The number of thiophene rings is 1. The molecule has 2 aromatic heterocycles. The van der Waals surface area contributed by atoms with Crippen molar-refractivity contribution in [2.24, 2.45) is 0 Å². The van der Waals surface area contributed by atoms with Gasteiger partial charge in [-0.1, -0.05) is 35.9 Å². The van der Waals surface area contributed by atoms with E-state index in [1.54, 1.807) is 6.92 Å². The summed E-state index contributed by atoms with van der Waals surface area (Å²) in [6.07, 6.45) is 1.51. The lowest BCUT2D eigenvalue weighted by atomic mass is 10.1. The lowest BCUT2D eigenvalue weighted by molar-refractivity contribution is 0.103. The number of hydrogen-bond donors (Lipinski definition) is 1. The zero-order valence-electron chi connectivity index (χ0n) is 17.6. The Balaban J connectivity index is 1.56. The predicted octanol–water partition coefficient (Wildman–Crippen LogP) is 4.71. The van der Waals surface area contributed by atoms with E-state index in [0.29, 0.717) is 33.8 Å². The van der Waals surface area contributed by atoms with E-state index in [9.17, 15) is 9.59 Å². The monoisotopic (exact) mass is 433 g/mol. The van der Waals surface area contributed by atoms with Gasteiger partial charge in [0.05, 0.1) is 23.1 Å². The van der Waals surface area contributed by atoms with Crippen LogP contribution in [0.1, 0.15) is 26.4 Å². The number of ether oxygens (including phenoxy) is 1. The number of amides is 1. The van der Waals surface area contributed by atoms with Gasteiger partial charge in [0, 0.05) is 5.69 Å². The molecule has 0 saturated heterocycles. The molecule has 0 aliphatic carbocycles. The molecule has 0 atom stereocenters. The molecule has 0 aliphatic heterocycles. The first-order valence-electron chi connectivity index (χ1n) is 9.99. The van der Waals surface area contributed by atoms with Gasteiger partial charge in [0.1, 0.15) is 17.2 Å². The maximum atomic E-state index is 13.0. The highest BCUT2D eigenvalue weighted by Gasteiger charge is 2.20. The summed E-state index contributed by atoms with van der Waals surface area (Å²) >= 11 is 1.24. The number of rotatable bonds is 6. The molecule has 0 fully saturated rings. The molecule has 6 nitrogen and oxygen atoms in total. The highest BCUT2D eigenvalue weighted by atomic mass is 32.1. The summed E-state index contributed by atoms with van der Waals surface area (Å²) in [5.74, 6) is 0.521. The van der Waals surface area contributed by atoms with Crippen molar-refractivity contribution < 1.29 is 9.53 Å². The van der Waals surface area contributed by atoms with Crippen molar-refractivity contribution in [3.05, 3.63) is 86.8 Å². The molecule has 0 unspecified atom stereocenters. The molecule has 2 heterocycles. The number of aryl methyl sites for hydroxylation is 3. The minimum Gasteiger partial charge on any atom is -0.492 e. The average Bonchev–Trinajstić information content (AvgIpc) is 3.10. The Morgan fingerprint density at radius 3 is 2.65 bits per heavy atom. The normalized spacial score (nSPS) is 10.9.